The topological polar surface area (TPSA) is 182 Å². The molecule has 292 valence electrons. The summed E-state index contributed by atoms with van der Waals surface area (Å²) in [6.07, 6.45) is -4.36. The molecule has 0 radical (unpaired) electrons. The number of alkyl halides is 3. The Hall–Kier alpha value is -5.21. The number of aromatic nitrogens is 6. The van der Waals surface area contributed by atoms with Gasteiger partial charge in [0, 0.05) is 51.1 Å². The van der Waals surface area contributed by atoms with Crippen molar-refractivity contribution in [1.82, 2.24) is 33.6 Å². The number of piperazine rings is 1. The number of fused-ring (bicyclic) bond motifs is 3. The van der Waals surface area contributed by atoms with Crippen LogP contribution in [-0.4, -0.2) is 110 Å². The number of hydrogen-bond donors (Lipinski definition) is 2. The van der Waals surface area contributed by atoms with E-state index >= 15 is 0 Å². The monoisotopic (exact) mass is 788 g/mol. The van der Waals surface area contributed by atoms with E-state index in [0.717, 1.165) is 22.7 Å². The summed E-state index contributed by atoms with van der Waals surface area (Å²) < 4.78 is 54.7. The maximum Gasteiger partial charge on any atom is 0.416 e. The summed E-state index contributed by atoms with van der Waals surface area (Å²) in [7, 11) is 0. The summed E-state index contributed by atoms with van der Waals surface area (Å²) >= 11 is 6.14. The van der Waals surface area contributed by atoms with Crippen molar-refractivity contribution in [2.75, 3.05) is 74.2 Å². The third kappa shape index (κ3) is 6.64. The molecule has 21 heteroatoms. The number of aromatic hydroxyl groups is 1. The summed E-state index contributed by atoms with van der Waals surface area (Å²) in [5.74, 6) is -0.814. The largest absolute Gasteiger partial charge is 0.501 e. The van der Waals surface area contributed by atoms with Gasteiger partial charge in [-0.25, -0.2) is 4.98 Å². The molecule has 4 aliphatic rings. The van der Waals surface area contributed by atoms with Gasteiger partial charge in [0.25, 0.3) is 17.0 Å². The van der Waals surface area contributed by atoms with Crippen molar-refractivity contribution in [3.05, 3.63) is 66.7 Å². The van der Waals surface area contributed by atoms with Gasteiger partial charge >= 0.3 is 6.18 Å². The summed E-state index contributed by atoms with van der Waals surface area (Å²) in [4.78, 5) is 68.5. The van der Waals surface area contributed by atoms with Crippen molar-refractivity contribution < 1.29 is 37.3 Å². The van der Waals surface area contributed by atoms with Gasteiger partial charge in [0.1, 0.15) is 24.7 Å². The van der Waals surface area contributed by atoms with Crippen LogP contribution in [0.3, 0.4) is 0 Å². The predicted molar refractivity (Wildman–Crippen MR) is 190 cm³/mol. The Morgan fingerprint density at radius 1 is 1.00 bits per heavy atom. The molecule has 3 aromatic heterocycles. The molecule has 0 unspecified atom stereocenters. The van der Waals surface area contributed by atoms with Crippen molar-refractivity contribution in [3.8, 4) is 5.75 Å². The SMILES string of the molecule is CCc1c(N2CCN(C(=O)c3nc4n(c(=O)c3O)CCOC4)CC2)c(=O)n2nc(N3C[C@H]4COC[C@H]4C3)nc2n1CC(=O)Nc1ccc(C(F)(F)F)cc1Cl. The number of nitrogens with one attached hydrogen (secondary N) is 1. The zero-order chi connectivity index (χ0) is 38.8. The smallest absolute Gasteiger partial charge is 0.416 e. The van der Waals surface area contributed by atoms with E-state index in [0.29, 0.717) is 37.9 Å². The number of hydrogen-bond acceptors (Lipinski definition) is 12. The Morgan fingerprint density at radius 3 is 2.40 bits per heavy atom. The van der Waals surface area contributed by atoms with E-state index in [1.54, 1.807) is 16.4 Å². The van der Waals surface area contributed by atoms with Gasteiger partial charge in [0.15, 0.2) is 5.69 Å². The molecule has 8 rings (SSSR count). The van der Waals surface area contributed by atoms with Crippen molar-refractivity contribution >= 4 is 46.5 Å². The van der Waals surface area contributed by atoms with Crippen LogP contribution in [0.1, 0.15) is 34.5 Å². The highest BCUT2D eigenvalue weighted by molar-refractivity contribution is 6.33. The summed E-state index contributed by atoms with van der Waals surface area (Å²) in [6, 6.07) is 2.62. The zero-order valence-electron chi connectivity index (χ0n) is 29.5. The lowest BCUT2D eigenvalue weighted by molar-refractivity contribution is -0.137. The molecular formula is C34H36ClF3N10O7. The third-order valence-electron chi connectivity index (χ3n) is 10.5. The van der Waals surface area contributed by atoms with E-state index in [1.165, 1.54) is 9.47 Å². The zero-order valence-corrected chi connectivity index (χ0v) is 30.3. The number of amides is 2. The molecule has 3 saturated heterocycles. The Bertz CT molecular complexity index is 2310. The van der Waals surface area contributed by atoms with Gasteiger partial charge in [-0.05, 0) is 24.6 Å². The van der Waals surface area contributed by atoms with Gasteiger partial charge in [-0.2, -0.15) is 22.7 Å². The number of ether oxygens (including phenoxy) is 2. The standard InChI is InChI=1S/C34H36ClF3N10O7/c1-2-23-27(43-5-7-44(8-6-43)29(51)26-28(50)31(53)46-9-10-54-17-24(46)40-26)30(52)48-33(41-32(42-48)45-12-18-15-55-16-19(18)13-45)47(23)14-25(49)39-22-4-3-20(11-21(22)35)34(36,37)38/h3-4,11,18-19,50H,2,5-10,12-17H2,1H3,(H,39,49)/t18-,19+. The first-order valence-electron chi connectivity index (χ1n) is 17.8. The molecule has 55 heavy (non-hydrogen) atoms. The number of rotatable bonds is 7. The van der Waals surface area contributed by atoms with E-state index in [9.17, 15) is 37.5 Å². The van der Waals surface area contributed by atoms with Crippen LogP contribution in [0.5, 0.6) is 5.75 Å². The molecule has 1 aromatic carbocycles. The number of halogens is 4. The predicted octanol–water partition coefficient (Wildman–Crippen LogP) is 1.60. The number of carbonyl (C=O) groups excluding carboxylic acids is 2. The second-order valence-electron chi connectivity index (χ2n) is 13.9. The van der Waals surface area contributed by atoms with E-state index in [-0.39, 0.29) is 97.9 Å². The fourth-order valence-electron chi connectivity index (χ4n) is 7.71. The quantitative estimate of drug-likeness (QED) is 0.277. The Morgan fingerprint density at radius 2 is 1.73 bits per heavy atom. The Balaban J connectivity index is 1.11. The minimum atomic E-state index is -4.62. The van der Waals surface area contributed by atoms with Crippen molar-refractivity contribution in [2.24, 2.45) is 11.8 Å². The second kappa shape index (κ2) is 14.1. The number of nitrogens with zero attached hydrogens (tertiary/aromatic N) is 9. The number of anilines is 3. The van der Waals surface area contributed by atoms with Gasteiger partial charge < -0.3 is 39.2 Å². The van der Waals surface area contributed by atoms with Crippen LogP contribution in [0, 0.1) is 11.8 Å². The van der Waals surface area contributed by atoms with Gasteiger partial charge in [0.2, 0.25) is 23.4 Å². The highest BCUT2D eigenvalue weighted by Crippen LogP contribution is 2.35. The molecule has 0 aliphatic carbocycles. The van der Waals surface area contributed by atoms with E-state index < -0.39 is 47.0 Å². The number of carbonyl (C=O) groups is 2. The van der Waals surface area contributed by atoms with Gasteiger partial charge in [-0.1, -0.05) is 18.5 Å². The molecule has 7 heterocycles. The molecule has 17 nitrogen and oxygen atoms in total. The lowest BCUT2D eigenvalue weighted by Crippen LogP contribution is -2.51. The van der Waals surface area contributed by atoms with Crippen LogP contribution in [0.4, 0.5) is 30.5 Å². The van der Waals surface area contributed by atoms with Crippen LogP contribution in [0.2, 0.25) is 5.02 Å². The molecular weight excluding hydrogens is 753 g/mol. The fourth-order valence-corrected chi connectivity index (χ4v) is 7.94. The lowest BCUT2D eigenvalue weighted by atomic mass is 10.0. The fraction of sp³-hybridized carbons (Fsp3) is 0.500. The normalized spacial score (nSPS) is 19.9. The van der Waals surface area contributed by atoms with Crippen LogP contribution >= 0.6 is 11.6 Å². The number of benzene rings is 1. The highest BCUT2D eigenvalue weighted by Gasteiger charge is 2.39. The van der Waals surface area contributed by atoms with E-state index in [4.69, 9.17) is 26.1 Å². The molecule has 3 fully saturated rings. The van der Waals surface area contributed by atoms with Crippen LogP contribution < -0.4 is 26.2 Å². The molecule has 4 aliphatic heterocycles. The first-order valence-corrected chi connectivity index (χ1v) is 18.2. The van der Waals surface area contributed by atoms with Crippen LogP contribution in [0.15, 0.2) is 27.8 Å². The third-order valence-corrected chi connectivity index (χ3v) is 10.9. The second-order valence-corrected chi connectivity index (χ2v) is 14.3. The van der Waals surface area contributed by atoms with Crippen LogP contribution in [0.25, 0.3) is 5.78 Å². The van der Waals surface area contributed by atoms with Crippen molar-refractivity contribution in [2.45, 2.75) is 39.2 Å². The van der Waals surface area contributed by atoms with Crippen LogP contribution in [-0.2, 0) is 46.6 Å². The summed E-state index contributed by atoms with van der Waals surface area (Å²) in [5, 5.41) is 17.5. The molecule has 0 bridgehead atoms. The molecule has 0 spiro atoms. The first kappa shape index (κ1) is 36.8. The average molecular weight is 789 g/mol. The Kier molecular flexibility index (Phi) is 9.44. The minimum absolute atomic E-state index is 0.0187. The van der Waals surface area contributed by atoms with Gasteiger partial charge in [-0.15, -0.1) is 5.10 Å². The Labute approximate surface area is 314 Å². The van der Waals surface area contributed by atoms with E-state index in [2.05, 4.69) is 15.4 Å². The van der Waals surface area contributed by atoms with Crippen molar-refractivity contribution in [3.63, 3.8) is 0 Å². The molecule has 0 saturated carbocycles. The molecule has 4 aromatic rings. The van der Waals surface area contributed by atoms with Gasteiger partial charge in [0.05, 0.1) is 48.3 Å². The molecule has 2 amide bonds. The molecule has 2 atom stereocenters. The minimum Gasteiger partial charge on any atom is -0.501 e. The highest BCUT2D eigenvalue weighted by atomic mass is 35.5. The van der Waals surface area contributed by atoms with E-state index in [1.807, 2.05) is 4.90 Å². The maximum absolute atomic E-state index is 14.4. The van der Waals surface area contributed by atoms with Crippen molar-refractivity contribution in [1.29, 1.82) is 0 Å². The lowest BCUT2D eigenvalue weighted by Gasteiger charge is -2.36. The summed E-state index contributed by atoms with van der Waals surface area (Å²) in [5.41, 5.74) is -1.91. The first-order chi connectivity index (χ1) is 26.3. The maximum atomic E-state index is 14.4. The van der Waals surface area contributed by atoms with Gasteiger partial charge in [-0.3, -0.25) is 23.7 Å². The molecule has 2 N–H and O–H groups in total. The summed E-state index contributed by atoms with van der Waals surface area (Å²) in [6.45, 7) is 4.92. The average Bonchev–Trinajstić information content (AvgIpc) is 3.91.